The van der Waals surface area contributed by atoms with Gasteiger partial charge in [-0.3, -0.25) is 23.1 Å². The fourth-order valence-electron chi connectivity index (χ4n) is 7.24. The molecular formula is C36H46N10O5S. The number of aromatic nitrogens is 7. The number of fused-ring (bicyclic) bond motifs is 2. The zero-order valence-electron chi connectivity index (χ0n) is 30.1. The number of pyridine rings is 1. The quantitative estimate of drug-likeness (QED) is 0.143. The lowest BCUT2D eigenvalue weighted by Crippen LogP contribution is -2.44. The molecule has 1 unspecified atom stereocenters. The lowest BCUT2D eigenvalue weighted by molar-refractivity contribution is 0.171. The van der Waals surface area contributed by atoms with Crippen LogP contribution in [0, 0.1) is 0 Å². The highest BCUT2D eigenvalue weighted by molar-refractivity contribution is 7.74. The van der Waals surface area contributed by atoms with Gasteiger partial charge in [0.1, 0.15) is 23.4 Å². The minimum atomic E-state index is -2.35. The molecule has 1 fully saturated rings. The first kappa shape index (κ1) is 35.6. The lowest BCUT2D eigenvalue weighted by Gasteiger charge is -2.39. The number of carbonyl (C=O) groups excluding carboxylic acids is 1. The standard InChI is InChI=1S/C36H46N10O5S/c1-23-9-8-10-24(2)45(23)35-41-40-32-16-13-26(22-44(32)35)51-30-15-14-29(27-11-6-7-12-28(27)30)38-34(47)39-33-19-31(36(3,4)5)42-46(33)25-20-37-43(21-25)17-18-50-52(48)49/h6-7,11-13,16,19-24,29-30H,8-10,14-15,17-18H2,1-5H3,(H,48,49)(H2,38,39,47)/t23-,24+,29-,30+/m0/s1. The highest BCUT2D eigenvalue weighted by atomic mass is 32.2. The first-order valence-electron chi connectivity index (χ1n) is 17.8. The number of urea groups is 1. The average molecular weight is 731 g/mol. The van der Waals surface area contributed by atoms with Gasteiger partial charge in [0, 0.05) is 23.6 Å². The first-order valence-corrected chi connectivity index (χ1v) is 18.8. The maximum absolute atomic E-state index is 13.6. The molecule has 1 saturated heterocycles. The molecule has 7 rings (SSSR count). The molecule has 1 aromatic carbocycles. The molecular weight excluding hydrogens is 685 g/mol. The van der Waals surface area contributed by atoms with Crippen LogP contribution in [-0.4, -0.2) is 67.6 Å². The van der Waals surface area contributed by atoms with Crippen molar-refractivity contribution in [2.24, 2.45) is 0 Å². The number of rotatable bonds is 10. The van der Waals surface area contributed by atoms with E-state index in [0.717, 1.165) is 47.0 Å². The van der Waals surface area contributed by atoms with Crippen molar-refractivity contribution in [2.45, 2.75) is 103 Å². The topological polar surface area (TPSA) is 166 Å². The Bertz CT molecular complexity index is 2060. The monoisotopic (exact) mass is 730 g/mol. The zero-order chi connectivity index (χ0) is 36.6. The highest BCUT2D eigenvalue weighted by Crippen LogP contribution is 2.39. The van der Waals surface area contributed by atoms with Gasteiger partial charge >= 0.3 is 17.4 Å². The average Bonchev–Trinajstić information content (AvgIpc) is 3.85. The van der Waals surface area contributed by atoms with E-state index in [1.165, 1.54) is 6.42 Å². The number of nitrogens with one attached hydrogen (secondary N) is 2. The van der Waals surface area contributed by atoms with Gasteiger partial charge in [0.2, 0.25) is 5.95 Å². The van der Waals surface area contributed by atoms with Crippen LogP contribution >= 0.6 is 0 Å². The summed E-state index contributed by atoms with van der Waals surface area (Å²) in [6, 6.07) is 14.0. The van der Waals surface area contributed by atoms with Crippen LogP contribution in [0.5, 0.6) is 5.75 Å². The molecule has 0 saturated carbocycles. The van der Waals surface area contributed by atoms with Crippen molar-refractivity contribution < 1.29 is 22.5 Å². The van der Waals surface area contributed by atoms with Crippen molar-refractivity contribution in [2.75, 3.05) is 16.8 Å². The van der Waals surface area contributed by atoms with Crippen molar-refractivity contribution in [1.82, 2.24) is 39.5 Å². The van der Waals surface area contributed by atoms with E-state index >= 15 is 0 Å². The number of ether oxygens (including phenoxy) is 1. The third kappa shape index (κ3) is 7.54. The van der Waals surface area contributed by atoms with Gasteiger partial charge in [-0.1, -0.05) is 45.0 Å². The summed E-state index contributed by atoms with van der Waals surface area (Å²) in [6.45, 7) is 10.9. The maximum atomic E-state index is 13.6. The molecule has 2 amide bonds. The number of carbonyl (C=O) groups is 1. The number of anilines is 2. The van der Waals surface area contributed by atoms with Gasteiger partial charge < -0.3 is 15.0 Å². The van der Waals surface area contributed by atoms with E-state index in [1.54, 1.807) is 21.8 Å². The van der Waals surface area contributed by atoms with Gasteiger partial charge in [0.25, 0.3) is 0 Å². The summed E-state index contributed by atoms with van der Waals surface area (Å²) in [7, 11) is 0. The Morgan fingerprint density at radius 3 is 2.54 bits per heavy atom. The Labute approximate surface area is 305 Å². The summed E-state index contributed by atoms with van der Waals surface area (Å²) < 4.78 is 36.4. The Balaban J connectivity index is 1.07. The molecule has 3 N–H and O–H groups in total. The van der Waals surface area contributed by atoms with Crippen LogP contribution in [0.1, 0.15) is 95.7 Å². The Morgan fingerprint density at radius 2 is 1.79 bits per heavy atom. The van der Waals surface area contributed by atoms with E-state index in [4.69, 9.17) is 18.6 Å². The molecule has 1 aliphatic heterocycles. The molecule has 5 aromatic rings. The van der Waals surface area contributed by atoms with Gasteiger partial charge in [-0.05, 0) is 69.2 Å². The van der Waals surface area contributed by atoms with E-state index in [2.05, 4.69) is 71.5 Å². The lowest BCUT2D eigenvalue weighted by atomic mass is 9.85. The molecule has 1 aliphatic carbocycles. The molecule has 2 aliphatic rings. The molecule has 4 aromatic heterocycles. The van der Waals surface area contributed by atoms with Crippen LogP contribution in [0.3, 0.4) is 0 Å². The van der Waals surface area contributed by atoms with Crippen molar-refractivity contribution in [1.29, 1.82) is 0 Å². The Hall–Kier alpha value is -4.80. The van der Waals surface area contributed by atoms with Gasteiger partial charge in [-0.15, -0.1) is 10.2 Å². The van der Waals surface area contributed by atoms with Crippen LogP contribution in [-0.2, 0) is 27.5 Å². The molecule has 5 heterocycles. The van der Waals surface area contributed by atoms with Gasteiger partial charge in [-0.2, -0.15) is 14.4 Å². The number of hydrogen-bond donors (Lipinski definition) is 3. The molecule has 0 spiro atoms. The van der Waals surface area contributed by atoms with E-state index in [-0.39, 0.29) is 36.7 Å². The second kappa shape index (κ2) is 14.7. The number of piperidine rings is 1. The van der Waals surface area contributed by atoms with Crippen LogP contribution in [0.2, 0.25) is 0 Å². The molecule has 15 nitrogen and oxygen atoms in total. The van der Waals surface area contributed by atoms with Crippen LogP contribution < -0.4 is 20.3 Å². The SMILES string of the molecule is C[C@@H]1CCC[C@H](C)N1c1nnc2ccc(O[C@@H]3CC[C@H](NC(=O)Nc4cc(C(C)(C)C)nn4-c4cnn(CCOS(=O)O)c4)c4ccccc43)cn12. The minimum Gasteiger partial charge on any atom is -0.484 e. The fraction of sp³-hybridized carbons (Fsp3) is 0.472. The smallest absolute Gasteiger partial charge is 0.320 e. The molecule has 16 heteroatoms. The molecule has 276 valence electrons. The van der Waals surface area contributed by atoms with Crippen molar-refractivity contribution in [3.05, 3.63) is 77.9 Å². The van der Waals surface area contributed by atoms with Crippen molar-refractivity contribution in [3.8, 4) is 11.4 Å². The predicted octanol–water partition coefficient (Wildman–Crippen LogP) is 6.11. The van der Waals surface area contributed by atoms with E-state index < -0.39 is 11.4 Å². The van der Waals surface area contributed by atoms with Crippen molar-refractivity contribution >= 4 is 34.8 Å². The van der Waals surface area contributed by atoms with Crippen LogP contribution in [0.25, 0.3) is 11.3 Å². The van der Waals surface area contributed by atoms with Gasteiger partial charge in [-0.25, -0.2) is 9.48 Å². The summed E-state index contributed by atoms with van der Waals surface area (Å²) in [5.74, 6) is 2.06. The highest BCUT2D eigenvalue weighted by Gasteiger charge is 2.31. The van der Waals surface area contributed by atoms with E-state index in [1.807, 2.05) is 47.0 Å². The third-order valence-corrected chi connectivity index (χ3v) is 10.3. The van der Waals surface area contributed by atoms with Crippen molar-refractivity contribution in [3.63, 3.8) is 0 Å². The molecule has 52 heavy (non-hydrogen) atoms. The van der Waals surface area contributed by atoms with Crippen LogP contribution in [0.4, 0.5) is 16.6 Å². The molecule has 0 bridgehead atoms. The number of benzene rings is 1. The second-order valence-corrected chi connectivity index (χ2v) is 15.3. The number of amides is 2. The Kier molecular flexibility index (Phi) is 10.0. The minimum absolute atomic E-state index is 0.00846. The predicted molar refractivity (Wildman–Crippen MR) is 197 cm³/mol. The Morgan fingerprint density at radius 1 is 1.02 bits per heavy atom. The normalized spacial score (nSPS) is 21.2. The summed E-state index contributed by atoms with van der Waals surface area (Å²) >= 11 is -2.35. The first-order chi connectivity index (χ1) is 24.9. The second-order valence-electron chi connectivity index (χ2n) is 14.7. The number of nitrogens with zero attached hydrogens (tertiary/aromatic N) is 8. The summed E-state index contributed by atoms with van der Waals surface area (Å²) in [5, 5.41) is 24.3. The van der Waals surface area contributed by atoms with E-state index in [9.17, 15) is 9.00 Å². The van der Waals surface area contributed by atoms with Gasteiger partial charge in [0.15, 0.2) is 5.65 Å². The largest absolute Gasteiger partial charge is 0.484 e. The molecule has 5 atom stereocenters. The summed E-state index contributed by atoms with van der Waals surface area (Å²) in [5.41, 5.74) is 3.94. The third-order valence-electron chi connectivity index (χ3n) is 9.89. The summed E-state index contributed by atoms with van der Waals surface area (Å²) in [6.07, 6.45) is 10.0. The van der Waals surface area contributed by atoms with Gasteiger partial charge in [0.05, 0.1) is 43.5 Å². The van der Waals surface area contributed by atoms with E-state index in [0.29, 0.717) is 36.4 Å². The summed E-state index contributed by atoms with van der Waals surface area (Å²) in [4.78, 5) is 16.0. The zero-order valence-corrected chi connectivity index (χ0v) is 30.9. The number of hydrogen-bond acceptors (Lipinski definition) is 9. The fourth-order valence-corrected chi connectivity index (χ4v) is 7.46. The molecule has 0 radical (unpaired) electrons. The maximum Gasteiger partial charge on any atom is 0.320 e. The van der Waals surface area contributed by atoms with Crippen LogP contribution in [0.15, 0.2) is 61.1 Å².